The molecule has 0 N–H and O–H groups in total. The maximum absolute atomic E-state index is 15.7. The molecule has 0 amide bonds. The number of hydrogen-bond acceptors (Lipinski definition) is 3. The van der Waals surface area contributed by atoms with E-state index in [2.05, 4.69) is 54.6 Å². The molecule has 0 aliphatic rings. The summed E-state index contributed by atoms with van der Waals surface area (Å²) in [6.45, 7) is 0. The highest BCUT2D eigenvalue weighted by Crippen LogP contribution is 2.46. The summed E-state index contributed by atoms with van der Waals surface area (Å²) in [5.41, 5.74) is 5.43. The minimum atomic E-state index is -3.29. The lowest BCUT2D eigenvalue weighted by atomic mass is 9.93. The Morgan fingerprint density at radius 2 is 0.348 bits per heavy atom. The molecule has 10 aromatic rings. The molecule has 0 aromatic heterocycles. The standard InChI is InChI=1S/C60H45O3P3/c61-64(52-25-7-1-8-26-52,53-27-9-2-10-28-53)58-37-19-22-46(43-58)49-40-50(47-23-20-38-59(44-47)65(62,54-29-11-3-12-30-54)55-31-13-4-14-32-55)42-51(41-49)48-24-21-39-60(45-48)66(63,56-33-15-5-16-34-56)57-35-17-6-18-36-57/h1-45H. The van der Waals surface area contributed by atoms with Gasteiger partial charge in [-0.3, -0.25) is 0 Å². The molecule has 0 saturated heterocycles. The maximum atomic E-state index is 15.7. The zero-order chi connectivity index (χ0) is 45.0. The van der Waals surface area contributed by atoms with Crippen molar-refractivity contribution in [1.29, 1.82) is 0 Å². The van der Waals surface area contributed by atoms with Gasteiger partial charge in [0.15, 0.2) is 21.4 Å². The SMILES string of the molecule is O=P(c1ccccc1)(c1ccccc1)c1cccc(-c2cc(-c3cccc(P(=O)(c4ccccc4)c4ccccc4)c3)cc(-c3cccc(P(=O)(c4ccccc4)c4ccccc4)c3)c2)c1. The first-order valence-electron chi connectivity index (χ1n) is 22.0. The van der Waals surface area contributed by atoms with Gasteiger partial charge in [-0.25, -0.2) is 0 Å². The van der Waals surface area contributed by atoms with Crippen LogP contribution in [0.1, 0.15) is 0 Å². The highest BCUT2D eigenvalue weighted by atomic mass is 31.2. The van der Waals surface area contributed by atoms with Crippen molar-refractivity contribution < 1.29 is 13.7 Å². The Morgan fingerprint density at radius 1 is 0.167 bits per heavy atom. The lowest BCUT2D eigenvalue weighted by Crippen LogP contribution is -2.25. The Labute approximate surface area is 387 Å². The summed E-state index contributed by atoms with van der Waals surface area (Å²) < 4.78 is 47.0. The lowest BCUT2D eigenvalue weighted by Gasteiger charge is -2.22. The fraction of sp³-hybridized carbons (Fsp3) is 0. The summed E-state index contributed by atoms with van der Waals surface area (Å²) in [4.78, 5) is 0. The second kappa shape index (κ2) is 18.4. The highest BCUT2D eigenvalue weighted by Gasteiger charge is 2.32. The third-order valence-corrected chi connectivity index (χ3v) is 21.4. The minimum Gasteiger partial charge on any atom is -0.309 e. The van der Waals surface area contributed by atoms with Crippen LogP contribution in [0.3, 0.4) is 0 Å². The van der Waals surface area contributed by atoms with Gasteiger partial charge < -0.3 is 13.7 Å². The lowest BCUT2D eigenvalue weighted by molar-refractivity contribution is 0.591. The molecule has 0 atom stereocenters. The van der Waals surface area contributed by atoms with Crippen molar-refractivity contribution in [3.63, 3.8) is 0 Å². The van der Waals surface area contributed by atoms with Gasteiger partial charge in [0.25, 0.3) is 0 Å². The van der Waals surface area contributed by atoms with Crippen molar-refractivity contribution in [3.05, 3.63) is 273 Å². The topological polar surface area (TPSA) is 51.2 Å². The molecule has 10 rings (SSSR count). The molecule has 0 spiro atoms. The monoisotopic (exact) mass is 906 g/mol. The van der Waals surface area contributed by atoms with E-state index in [1.807, 2.05) is 218 Å². The highest BCUT2D eigenvalue weighted by molar-refractivity contribution is 7.86. The van der Waals surface area contributed by atoms with Crippen molar-refractivity contribution in [2.45, 2.75) is 0 Å². The van der Waals surface area contributed by atoms with Crippen LogP contribution in [0, 0.1) is 0 Å². The zero-order valence-electron chi connectivity index (χ0n) is 36.0. The molecular formula is C60H45O3P3. The van der Waals surface area contributed by atoms with Crippen molar-refractivity contribution in [2.75, 3.05) is 0 Å². The van der Waals surface area contributed by atoms with Gasteiger partial charge in [-0.2, -0.15) is 0 Å². The van der Waals surface area contributed by atoms with Crippen LogP contribution in [-0.2, 0) is 13.7 Å². The summed E-state index contributed by atoms with van der Waals surface area (Å²) in [6.07, 6.45) is 0. The number of hydrogen-bond donors (Lipinski definition) is 0. The first kappa shape index (κ1) is 42.8. The van der Waals surface area contributed by atoms with E-state index in [1.54, 1.807) is 0 Å². The van der Waals surface area contributed by atoms with Crippen LogP contribution >= 0.6 is 21.4 Å². The van der Waals surface area contributed by atoms with E-state index in [9.17, 15) is 0 Å². The van der Waals surface area contributed by atoms with Crippen LogP contribution in [0.2, 0.25) is 0 Å². The summed E-state index contributed by atoms with van der Waals surface area (Å²) in [6, 6.07) is 89.1. The van der Waals surface area contributed by atoms with E-state index in [4.69, 9.17) is 0 Å². The Kier molecular flexibility index (Phi) is 11.9. The zero-order valence-corrected chi connectivity index (χ0v) is 38.7. The van der Waals surface area contributed by atoms with Gasteiger partial charge in [0.05, 0.1) is 0 Å². The van der Waals surface area contributed by atoms with Crippen molar-refractivity contribution >= 4 is 69.2 Å². The van der Waals surface area contributed by atoms with Gasteiger partial charge in [-0.15, -0.1) is 0 Å². The van der Waals surface area contributed by atoms with Gasteiger partial charge in [-0.1, -0.05) is 237 Å². The normalized spacial score (nSPS) is 11.8. The molecule has 0 bridgehead atoms. The van der Waals surface area contributed by atoms with Gasteiger partial charge >= 0.3 is 0 Å². The van der Waals surface area contributed by atoms with Gasteiger partial charge in [-0.05, 0) is 69.8 Å². The average Bonchev–Trinajstić information content (AvgIpc) is 3.41. The van der Waals surface area contributed by atoms with E-state index in [-0.39, 0.29) is 0 Å². The molecule has 3 nitrogen and oxygen atoms in total. The number of benzene rings is 10. The fourth-order valence-corrected chi connectivity index (χ4v) is 17.0. The number of rotatable bonds is 12. The molecule has 0 saturated carbocycles. The molecule has 0 fully saturated rings. The first-order chi connectivity index (χ1) is 32.3. The molecular weight excluding hydrogens is 862 g/mol. The van der Waals surface area contributed by atoms with E-state index in [0.29, 0.717) is 0 Å². The van der Waals surface area contributed by atoms with Gasteiger partial charge in [0, 0.05) is 47.7 Å². The smallest absolute Gasteiger partial charge is 0.171 e. The molecule has 318 valence electrons. The fourth-order valence-electron chi connectivity index (χ4n) is 8.94. The molecule has 0 radical (unpaired) electrons. The van der Waals surface area contributed by atoms with Crippen LogP contribution in [0.4, 0.5) is 0 Å². The van der Waals surface area contributed by atoms with Crippen LogP contribution in [0.5, 0.6) is 0 Å². The first-order valence-corrected chi connectivity index (χ1v) is 27.1. The van der Waals surface area contributed by atoms with Crippen molar-refractivity contribution in [3.8, 4) is 33.4 Å². The predicted molar refractivity (Wildman–Crippen MR) is 281 cm³/mol. The molecule has 10 aromatic carbocycles. The van der Waals surface area contributed by atoms with Crippen LogP contribution in [0.25, 0.3) is 33.4 Å². The second-order valence-electron chi connectivity index (χ2n) is 16.3. The predicted octanol–water partition coefficient (Wildman–Crippen LogP) is 11.6. The Morgan fingerprint density at radius 3 is 0.545 bits per heavy atom. The third-order valence-electron chi connectivity index (χ3n) is 12.3. The summed E-state index contributed by atoms with van der Waals surface area (Å²) >= 11 is 0. The van der Waals surface area contributed by atoms with Gasteiger partial charge in [0.1, 0.15) is 0 Å². The molecule has 66 heavy (non-hydrogen) atoms. The average molecular weight is 907 g/mol. The van der Waals surface area contributed by atoms with E-state index in [0.717, 1.165) is 81.1 Å². The Balaban J connectivity index is 1.18. The van der Waals surface area contributed by atoms with Crippen molar-refractivity contribution in [1.82, 2.24) is 0 Å². The Hall–Kier alpha value is -7.11. The summed E-state index contributed by atoms with van der Waals surface area (Å²) in [7, 11) is -9.88. The van der Waals surface area contributed by atoms with E-state index in [1.165, 1.54) is 0 Å². The van der Waals surface area contributed by atoms with Crippen LogP contribution in [-0.4, -0.2) is 0 Å². The molecule has 0 unspecified atom stereocenters. The second-order valence-corrected chi connectivity index (χ2v) is 24.6. The van der Waals surface area contributed by atoms with E-state index >= 15 is 13.7 Å². The quantitative estimate of drug-likeness (QED) is 0.115. The molecule has 6 heteroatoms. The maximum Gasteiger partial charge on any atom is 0.171 e. The molecule has 0 aliphatic carbocycles. The minimum absolute atomic E-state index is 0.728. The van der Waals surface area contributed by atoms with Crippen LogP contribution in [0.15, 0.2) is 273 Å². The van der Waals surface area contributed by atoms with E-state index < -0.39 is 21.4 Å². The largest absolute Gasteiger partial charge is 0.309 e. The third kappa shape index (κ3) is 8.02. The summed E-state index contributed by atoms with van der Waals surface area (Å²) in [5.74, 6) is 0. The Bertz CT molecular complexity index is 2920. The molecule has 0 aliphatic heterocycles. The van der Waals surface area contributed by atoms with Gasteiger partial charge in [0.2, 0.25) is 0 Å². The summed E-state index contributed by atoms with van der Waals surface area (Å²) in [5, 5.41) is 6.76. The van der Waals surface area contributed by atoms with Crippen LogP contribution < -0.4 is 47.7 Å². The van der Waals surface area contributed by atoms with Crippen molar-refractivity contribution in [2.24, 2.45) is 0 Å². The molecule has 0 heterocycles.